The molecule has 174 valence electrons. The Hall–Kier alpha value is -3.37. The van der Waals surface area contributed by atoms with Gasteiger partial charge in [0, 0.05) is 30.6 Å². The molecule has 0 saturated heterocycles. The van der Waals surface area contributed by atoms with E-state index in [1.54, 1.807) is 23.7 Å². The molecule has 1 heterocycles. The molecule has 0 spiro atoms. The summed E-state index contributed by atoms with van der Waals surface area (Å²) in [4.78, 5) is 37.7. The van der Waals surface area contributed by atoms with Gasteiger partial charge in [-0.15, -0.1) is 11.8 Å². The second-order valence-corrected chi connectivity index (χ2v) is 8.44. The minimum atomic E-state index is -1.78. The van der Waals surface area contributed by atoms with Crippen LogP contribution in [0.15, 0.2) is 66.2 Å². The second kappa shape index (κ2) is 11.5. The van der Waals surface area contributed by atoms with Crippen LogP contribution in [-0.4, -0.2) is 39.7 Å². The SMILES string of the molecule is NC(CCCCNc1ccc([N+](=O)[O-])cc1)(C(=O)OCc1ccccc1)C(=O)N1C=CSC1. The smallest absolute Gasteiger partial charge is 0.336 e. The summed E-state index contributed by atoms with van der Waals surface area (Å²) in [5.41, 5.74) is 6.17. The van der Waals surface area contributed by atoms with Gasteiger partial charge in [-0.25, -0.2) is 4.79 Å². The number of nitrogens with two attached hydrogens (primary N) is 1. The van der Waals surface area contributed by atoms with Crippen molar-refractivity contribution in [3.63, 3.8) is 0 Å². The van der Waals surface area contributed by atoms with Crippen LogP contribution in [-0.2, 0) is 20.9 Å². The van der Waals surface area contributed by atoms with E-state index in [9.17, 15) is 19.7 Å². The number of non-ortho nitro benzene ring substituents is 1. The van der Waals surface area contributed by atoms with Crippen LogP contribution in [0.25, 0.3) is 0 Å². The first-order chi connectivity index (χ1) is 15.9. The molecular weight excluding hydrogens is 444 g/mol. The van der Waals surface area contributed by atoms with E-state index in [2.05, 4.69) is 5.32 Å². The standard InChI is InChI=1S/C23H26N4O5S/c24-23(21(28)26-14-15-33-17-26,22(29)32-16-18-6-2-1-3-7-18)12-4-5-13-25-19-8-10-20(11-9-19)27(30)31/h1-3,6-11,14-15,25H,4-5,12-13,16-17,24H2. The number of benzene rings is 2. The highest BCUT2D eigenvalue weighted by Gasteiger charge is 2.45. The van der Waals surface area contributed by atoms with Crippen molar-refractivity contribution < 1.29 is 19.2 Å². The summed E-state index contributed by atoms with van der Waals surface area (Å²) < 4.78 is 5.42. The molecule has 0 aliphatic carbocycles. The molecule has 2 aromatic carbocycles. The monoisotopic (exact) mass is 470 g/mol. The molecule has 9 nitrogen and oxygen atoms in total. The van der Waals surface area contributed by atoms with Crippen LogP contribution in [0, 0.1) is 10.1 Å². The summed E-state index contributed by atoms with van der Waals surface area (Å²) in [5.74, 6) is -0.819. The summed E-state index contributed by atoms with van der Waals surface area (Å²) in [6, 6.07) is 15.3. The van der Waals surface area contributed by atoms with E-state index in [1.807, 2.05) is 30.3 Å². The van der Waals surface area contributed by atoms with Crippen molar-refractivity contribution in [1.82, 2.24) is 4.90 Å². The molecule has 3 N–H and O–H groups in total. The van der Waals surface area contributed by atoms with Crippen LogP contribution in [0.4, 0.5) is 11.4 Å². The number of unbranched alkanes of at least 4 members (excludes halogenated alkanes) is 1. The molecule has 1 aliphatic heterocycles. The third-order valence-corrected chi connectivity index (χ3v) is 5.92. The zero-order valence-corrected chi connectivity index (χ0v) is 18.8. The summed E-state index contributed by atoms with van der Waals surface area (Å²) in [5, 5.41) is 15.7. The number of nitrogens with one attached hydrogen (secondary N) is 1. The molecule has 1 amide bonds. The molecule has 0 aromatic heterocycles. The fraction of sp³-hybridized carbons (Fsp3) is 0.304. The van der Waals surface area contributed by atoms with Crippen molar-refractivity contribution in [1.29, 1.82) is 0 Å². The molecule has 1 atom stereocenters. The molecule has 3 rings (SSSR count). The molecule has 33 heavy (non-hydrogen) atoms. The quantitative estimate of drug-likeness (QED) is 0.168. The maximum atomic E-state index is 13.1. The first-order valence-electron chi connectivity index (χ1n) is 10.5. The summed E-state index contributed by atoms with van der Waals surface area (Å²) in [6.45, 7) is 0.596. The predicted octanol–water partition coefficient (Wildman–Crippen LogP) is 3.62. The van der Waals surface area contributed by atoms with E-state index in [0.717, 1.165) is 11.3 Å². The zero-order valence-electron chi connectivity index (χ0n) is 18.0. The van der Waals surface area contributed by atoms with Gasteiger partial charge in [0.25, 0.3) is 11.6 Å². The van der Waals surface area contributed by atoms with Gasteiger partial charge in [-0.05, 0) is 42.4 Å². The Labute approximate surface area is 196 Å². The zero-order chi connectivity index (χ0) is 23.7. The van der Waals surface area contributed by atoms with Gasteiger partial charge in [-0.3, -0.25) is 14.9 Å². The highest BCUT2D eigenvalue weighted by molar-refractivity contribution is 8.02. The minimum Gasteiger partial charge on any atom is -0.459 e. The van der Waals surface area contributed by atoms with E-state index in [1.165, 1.54) is 28.8 Å². The molecule has 2 aromatic rings. The Bertz CT molecular complexity index is 1000. The fourth-order valence-electron chi connectivity index (χ4n) is 3.28. The average Bonchev–Trinajstić information content (AvgIpc) is 3.37. The number of carbonyl (C=O) groups is 2. The van der Waals surface area contributed by atoms with Crippen molar-refractivity contribution >= 4 is 35.0 Å². The maximum Gasteiger partial charge on any atom is 0.336 e. The van der Waals surface area contributed by atoms with Crippen molar-refractivity contribution in [3.8, 4) is 0 Å². The van der Waals surface area contributed by atoms with Crippen LogP contribution in [0.5, 0.6) is 0 Å². The minimum absolute atomic E-state index is 0.0233. The number of ether oxygens (including phenoxy) is 1. The van der Waals surface area contributed by atoms with Crippen LogP contribution >= 0.6 is 11.8 Å². The van der Waals surface area contributed by atoms with Gasteiger partial charge in [-0.2, -0.15) is 0 Å². The molecule has 0 radical (unpaired) electrons. The summed E-state index contributed by atoms with van der Waals surface area (Å²) in [6.07, 6.45) is 2.90. The second-order valence-electron chi connectivity index (χ2n) is 7.58. The highest BCUT2D eigenvalue weighted by Crippen LogP contribution is 2.24. The van der Waals surface area contributed by atoms with Crippen molar-refractivity contribution in [2.45, 2.75) is 31.4 Å². The number of anilines is 1. The molecule has 0 bridgehead atoms. The molecule has 0 fully saturated rings. The first kappa shape index (κ1) is 24.3. The van der Waals surface area contributed by atoms with Gasteiger partial charge in [0.2, 0.25) is 0 Å². The number of rotatable bonds is 11. The third kappa shape index (κ3) is 6.56. The van der Waals surface area contributed by atoms with Crippen LogP contribution < -0.4 is 11.1 Å². The normalized spacial score (nSPS) is 14.5. The lowest BCUT2D eigenvalue weighted by atomic mass is 9.92. The number of esters is 1. The van der Waals surface area contributed by atoms with Crippen LogP contribution in [0.2, 0.25) is 0 Å². The maximum absolute atomic E-state index is 13.1. The Morgan fingerprint density at radius 1 is 1.15 bits per heavy atom. The Kier molecular flexibility index (Phi) is 8.45. The Morgan fingerprint density at radius 3 is 2.52 bits per heavy atom. The van der Waals surface area contributed by atoms with Crippen LogP contribution in [0.3, 0.4) is 0 Å². The van der Waals surface area contributed by atoms with Gasteiger partial charge < -0.3 is 20.7 Å². The van der Waals surface area contributed by atoms with Crippen molar-refractivity contribution in [2.24, 2.45) is 5.73 Å². The van der Waals surface area contributed by atoms with Crippen LogP contribution in [0.1, 0.15) is 24.8 Å². The topological polar surface area (TPSA) is 128 Å². The summed E-state index contributed by atoms with van der Waals surface area (Å²) >= 11 is 1.45. The fourth-order valence-corrected chi connectivity index (χ4v) is 3.96. The number of hydrogen-bond acceptors (Lipinski definition) is 8. The molecule has 10 heteroatoms. The molecule has 1 aliphatic rings. The third-order valence-electron chi connectivity index (χ3n) is 5.18. The van der Waals surface area contributed by atoms with E-state index >= 15 is 0 Å². The lowest BCUT2D eigenvalue weighted by Gasteiger charge is -2.29. The van der Waals surface area contributed by atoms with Gasteiger partial charge in [0.1, 0.15) is 6.61 Å². The molecule has 0 saturated carbocycles. The number of hydrogen-bond donors (Lipinski definition) is 2. The number of thioether (sulfide) groups is 1. The number of amides is 1. The lowest BCUT2D eigenvalue weighted by Crippen LogP contribution is -2.59. The highest BCUT2D eigenvalue weighted by atomic mass is 32.2. The van der Waals surface area contributed by atoms with Gasteiger partial charge in [-0.1, -0.05) is 30.3 Å². The van der Waals surface area contributed by atoms with Crippen molar-refractivity contribution in [3.05, 3.63) is 81.9 Å². The Balaban J connectivity index is 1.55. The first-order valence-corrected chi connectivity index (χ1v) is 11.5. The average molecular weight is 471 g/mol. The van der Waals surface area contributed by atoms with E-state index in [0.29, 0.717) is 25.3 Å². The lowest BCUT2D eigenvalue weighted by molar-refractivity contribution is -0.384. The van der Waals surface area contributed by atoms with Gasteiger partial charge >= 0.3 is 5.97 Å². The number of nitro benzene ring substituents is 1. The number of carbonyl (C=O) groups excluding carboxylic acids is 2. The number of nitrogens with zero attached hydrogens (tertiary/aromatic N) is 2. The van der Waals surface area contributed by atoms with Gasteiger partial charge in [0.05, 0.1) is 10.8 Å². The number of nitro groups is 1. The Morgan fingerprint density at radius 2 is 1.88 bits per heavy atom. The predicted molar refractivity (Wildman–Crippen MR) is 127 cm³/mol. The van der Waals surface area contributed by atoms with E-state index in [-0.39, 0.29) is 18.7 Å². The summed E-state index contributed by atoms with van der Waals surface area (Å²) in [7, 11) is 0. The van der Waals surface area contributed by atoms with E-state index in [4.69, 9.17) is 10.5 Å². The largest absolute Gasteiger partial charge is 0.459 e. The van der Waals surface area contributed by atoms with Crippen molar-refractivity contribution in [2.75, 3.05) is 17.7 Å². The van der Waals surface area contributed by atoms with Gasteiger partial charge in [0.15, 0.2) is 5.54 Å². The molecular formula is C23H26N4O5S. The van der Waals surface area contributed by atoms with E-state index < -0.39 is 22.3 Å². The molecule has 1 unspecified atom stereocenters.